The first-order valence-corrected chi connectivity index (χ1v) is 12.7. The van der Waals surface area contributed by atoms with Gasteiger partial charge in [0.15, 0.2) is 0 Å². The molecule has 2 heterocycles. The standard InChI is InChI=1S/C30H25BrN2O3/c1-34-24-12-7-21(8-13-24)27-18-28-26-17-23(31)11-16-29(26)36-30(33(28)32-27)22-9-14-25(15-10-22)35-19-20-5-3-2-4-6-20/h2-17,28,30H,18-19H2,1H3. The van der Waals surface area contributed by atoms with Crippen LogP contribution in [0.3, 0.4) is 0 Å². The Morgan fingerprint density at radius 2 is 1.67 bits per heavy atom. The SMILES string of the molecule is COc1ccc(C2=NN3C(C2)c2cc(Br)ccc2OC3c2ccc(OCc3ccccc3)cc2)cc1. The molecular weight excluding hydrogens is 516 g/mol. The fourth-order valence-corrected chi connectivity index (χ4v) is 5.08. The van der Waals surface area contributed by atoms with E-state index in [1.807, 2.05) is 54.6 Å². The summed E-state index contributed by atoms with van der Waals surface area (Å²) in [5, 5.41) is 7.15. The van der Waals surface area contributed by atoms with Crippen LogP contribution in [0, 0.1) is 0 Å². The highest BCUT2D eigenvalue weighted by atomic mass is 79.9. The Kier molecular flexibility index (Phi) is 6.11. The van der Waals surface area contributed by atoms with Gasteiger partial charge in [-0.25, -0.2) is 5.01 Å². The van der Waals surface area contributed by atoms with Crippen molar-refractivity contribution in [2.75, 3.05) is 7.11 Å². The maximum absolute atomic E-state index is 6.51. The fraction of sp³-hybridized carbons (Fsp3) is 0.167. The maximum Gasteiger partial charge on any atom is 0.213 e. The third-order valence-electron chi connectivity index (χ3n) is 6.59. The maximum atomic E-state index is 6.51. The summed E-state index contributed by atoms with van der Waals surface area (Å²) < 4.78 is 18.9. The van der Waals surface area contributed by atoms with Crippen molar-refractivity contribution in [2.24, 2.45) is 5.10 Å². The van der Waals surface area contributed by atoms with Crippen molar-refractivity contribution < 1.29 is 14.2 Å². The van der Waals surface area contributed by atoms with Crippen LogP contribution in [0.5, 0.6) is 17.2 Å². The number of hydrazone groups is 1. The molecule has 0 saturated carbocycles. The fourth-order valence-electron chi connectivity index (χ4n) is 4.71. The van der Waals surface area contributed by atoms with Gasteiger partial charge in [0.05, 0.1) is 18.9 Å². The smallest absolute Gasteiger partial charge is 0.213 e. The van der Waals surface area contributed by atoms with Crippen molar-refractivity contribution in [3.63, 3.8) is 0 Å². The summed E-state index contributed by atoms with van der Waals surface area (Å²) in [5.41, 5.74) is 5.42. The second-order valence-electron chi connectivity index (χ2n) is 8.87. The van der Waals surface area contributed by atoms with Gasteiger partial charge in [0.25, 0.3) is 0 Å². The van der Waals surface area contributed by atoms with Crippen molar-refractivity contribution in [1.29, 1.82) is 0 Å². The molecule has 180 valence electrons. The van der Waals surface area contributed by atoms with Crippen LogP contribution < -0.4 is 14.2 Å². The largest absolute Gasteiger partial charge is 0.497 e. The van der Waals surface area contributed by atoms with Crippen molar-refractivity contribution in [1.82, 2.24) is 5.01 Å². The first kappa shape index (κ1) is 22.7. The van der Waals surface area contributed by atoms with Crippen LogP contribution >= 0.6 is 15.9 Å². The summed E-state index contributed by atoms with van der Waals surface area (Å²) in [4.78, 5) is 0. The van der Waals surface area contributed by atoms with E-state index >= 15 is 0 Å². The summed E-state index contributed by atoms with van der Waals surface area (Å²) >= 11 is 3.62. The molecule has 36 heavy (non-hydrogen) atoms. The Bertz CT molecular complexity index is 1390. The quantitative estimate of drug-likeness (QED) is 0.257. The normalized spacial score (nSPS) is 18.1. The molecule has 0 bridgehead atoms. The van der Waals surface area contributed by atoms with Crippen LogP contribution in [-0.2, 0) is 6.61 Å². The number of benzene rings is 4. The third-order valence-corrected chi connectivity index (χ3v) is 7.08. The first-order chi connectivity index (χ1) is 17.7. The van der Waals surface area contributed by atoms with E-state index in [2.05, 4.69) is 63.4 Å². The molecule has 0 N–H and O–H groups in total. The van der Waals surface area contributed by atoms with Gasteiger partial charge >= 0.3 is 0 Å². The molecule has 0 spiro atoms. The number of fused-ring (bicyclic) bond motifs is 3. The molecule has 0 aliphatic carbocycles. The van der Waals surface area contributed by atoms with Crippen LogP contribution in [0.25, 0.3) is 0 Å². The van der Waals surface area contributed by atoms with Crippen molar-refractivity contribution in [3.05, 3.63) is 124 Å². The zero-order valence-electron chi connectivity index (χ0n) is 19.8. The monoisotopic (exact) mass is 540 g/mol. The lowest BCUT2D eigenvalue weighted by molar-refractivity contribution is -0.0191. The Morgan fingerprint density at radius 3 is 2.42 bits per heavy atom. The Labute approximate surface area is 219 Å². The van der Waals surface area contributed by atoms with Gasteiger partial charge in [-0.05, 0) is 77.9 Å². The van der Waals surface area contributed by atoms with E-state index in [0.29, 0.717) is 6.61 Å². The zero-order chi connectivity index (χ0) is 24.5. The molecule has 2 aliphatic rings. The minimum atomic E-state index is -0.331. The van der Waals surface area contributed by atoms with Crippen molar-refractivity contribution >= 4 is 21.6 Å². The van der Waals surface area contributed by atoms with Gasteiger partial charge in [-0.1, -0.05) is 46.3 Å². The van der Waals surface area contributed by atoms with Gasteiger partial charge in [0.2, 0.25) is 6.23 Å². The van der Waals surface area contributed by atoms with Gasteiger partial charge in [0, 0.05) is 22.0 Å². The summed E-state index contributed by atoms with van der Waals surface area (Å²) in [6.45, 7) is 0.534. The summed E-state index contributed by atoms with van der Waals surface area (Å²) in [7, 11) is 1.68. The molecule has 0 fully saturated rings. The van der Waals surface area contributed by atoms with Gasteiger partial charge in [-0.3, -0.25) is 0 Å². The molecule has 2 aliphatic heterocycles. The average molecular weight is 541 g/mol. The summed E-state index contributed by atoms with van der Waals surface area (Å²) in [5.74, 6) is 2.54. The van der Waals surface area contributed by atoms with E-state index in [9.17, 15) is 0 Å². The molecule has 0 saturated heterocycles. The van der Waals surface area contributed by atoms with Crippen LogP contribution in [0.15, 0.2) is 107 Å². The molecule has 2 unspecified atom stereocenters. The molecule has 6 heteroatoms. The highest BCUT2D eigenvalue weighted by molar-refractivity contribution is 9.10. The average Bonchev–Trinajstić information content (AvgIpc) is 3.38. The predicted octanol–water partition coefficient (Wildman–Crippen LogP) is 7.28. The second-order valence-corrected chi connectivity index (χ2v) is 9.79. The Balaban J connectivity index is 1.29. The number of nitrogens with zero attached hydrogens (tertiary/aromatic N) is 2. The molecule has 5 nitrogen and oxygen atoms in total. The lowest BCUT2D eigenvalue weighted by Crippen LogP contribution is -2.33. The highest BCUT2D eigenvalue weighted by Gasteiger charge is 2.41. The minimum Gasteiger partial charge on any atom is -0.497 e. The van der Waals surface area contributed by atoms with Gasteiger partial charge in [-0.2, -0.15) is 5.10 Å². The van der Waals surface area contributed by atoms with Gasteiger partial charge in [-0.15, -0.1) is 0 Å². The molecule has 6 rings (SSSR count). The molecular formula is C30H25BrN2O3. The number of methoxy groups -OCH3 is 1. The van der Waals surface area contributed by atoms with Crippen molar-refractivity contribution in [3.8, 4) is 17.2 Å². The van der Waals surface area contributed by atoms with E-state index < -0.39 is 0 Å². The van der Waals surface area contributed by atoms with E-state index in [1.165, 1.54) is 0 Å². The van der Waals surface area contributed by atoms with Crippen LogP contribution in [0.1, 0.15) is 40.9 Å². The number of hydrogen-bond acceptors (Lipinski definition) is 5. The van der Waals surface area contributed by atoms with Crippen LogP contribution in [0.4, 0.5) is 0 Å². The van der Waals surface area contributed by atoms with E-state index in [-0.39, 0.29) is 12.3 Å². The van der Waals surface area contributed by atoms with Gasteiger partial charge in [0.1, 0.15) is 23.9 Å². The summed E-state index contributed by atoms with van der Waals surface area (Å²) in [6, 6.07) is 32.6. The number of rotatable bonds is 6. The van der Waals surface area contributed by atoms with Crippen molar-refractivity contribution in [2.45, 2.75) is 25.3 Å². The van der Waals surface area contributed by atoms with E-state index in [0.717, 1.165) is 56.1 Å². The lowest BCUT2D eigenvalue weighted by atomic mass is 9.96. The van der Waals surface area contributed by atoms with E-state index in [1.54, 1.807) is 7.11 Å². The summed E-state index contributed by atoms with van der Waals surface area (Å²) in [6.07, 6.45) is 0.469. The zero-order valence-corrected chi connectivity index (χ0v) is 21.4. The van der Waals surface area contributed by atoms with Gasteiger partial charge < -0.3 is 14.2 Å². The topological polar surface area (TPSA) is 43.3 Å². The Hall–Kier alpha value is -3.77. The van der Waals surface area contributed by atoms with E-state index in [4.69, 9.17) is 19.3 Å². The number of hydrogen-bond donors (Lipinski definition) is 0. The third kappa shape index (κ3) is 4.44. The lowest BCUT2D eigenvalue weighted by Gasteiger charge is -2.38. The van der Waals surface area contributed by atoms with Crippen LogP contribution in [0.2, 0.25) is 0 Å². The number of halogens is 1. The molecule has 4 aromatic rings. The minimum absolute atomic E-state index is 0.0855. The second kappa shape index (κ2) is 9.70. The molecule has 0 radical (unpaired) electrons. The molecule has 2 atom stereocenters. The predicted molar refractivity (Wildman–Crippen MR) is 143 cm³/mol. The van der Waals surface area contributed by atoms with Crippen LogP contribution in [-0.4, -0.2) is 17.8 Å². The molecule has 4 aromatic carbocycles. The highest BCUT2D eigenvalue weighted by Crippen LogP contribution is 2.48. The molecule has 0 aromatic heterocycles. The number of ether oxygens (including phenoxy) is 3. The first-order valence-electron chi connectivity index (χ1n) is 11.9. The Morgan fingerprint density at radius 1 is 0.917 bits per heavy atom. The molecule has 0 amide bonds.